The fraction of sp³-hybridized carbons (Fsp3) is 0.374. The van der Waals surface area contributed by atoms with Crippen molar-refractivity contribution in [2.24, 2.45) is 0 Å². The normalized spacial score (nSPS) is 11.6. The summed E-state index contributed by atoms with van der Waals surface area (Å²) in [5, 5.41) is 24.8. The lowest BCUT2D eigenvalue weighted by molar-refractivity contribution is 0.609. The molecular weight excluding hydrogens is 1600 g/mol. The molecule has 0 bridgehead atoms. The molecule has 670 valence electrons. The van der Waals surface area contributed by atoms with Crippen LogP contribution in [0.2, 0.25) is 16.6 Å². The largest absolute Gasteiger partial charge is 0.146 e. The molecule has 0 amide bonds. The second-order valence-corrected chi connectivity index (χ2v) is 44.7. The van der Waals surface area contributed by atoms with Crippen molar-refractivity contribution < 1.29 is 0 Å². The molecule has 0 nitrogen and oxygen atoms in total. The first-order valence-electron chi connectivity index (χ1n) is 51.7. The van der Waals surface area contributed by atoms with E-state index in [4.69, 9.17) is 6.42 Å². The van der Waals surface area contributed by atoms with Crippen LogP contribution in [0.3, 0.4) is 0 Å². The highest BCUT2D eigenvalue weighted by molar-refractivity contribution is 6.90. The molecule has 0 aliphatic carbocycles. The van der Waals surface area contributed by atoms with Crippen LogP contribution in [0, 0.1) is 71.2 Å². The summed E-state index contributed by atoms with van der Waals surface area (Å²) >= 11 is 0. The van der Waals surface area contributed by atoms with Crippen molar-refractivity contribution in [2.75, 3.05) is 0 Å². The zero-order chi connectivity index (χ0) is 91.7. The van der Waals surface area contributed by atoms with E-state index in [9.17, 15) is 0 Å². The number of hydrogen-bond acceptors (Lipinski definition) is 0. The van der Waals surface area contributed by atoms with Crippen LogP contribution in [-0.4, -0.2) is 8.07 Å². The lowest BCUT2D eigenvalue weighted by Gasteiger charge is -2.38. The summed E-state index contributed by atoms with van der Waals surface area (Å²) in [4.78, 5) is 0. The highest BCUT2D eigenvalue weighted by atomic mass is 28.3. The van der Waals surface area contributed by atoms with Gasteiger partial charge in [0.05, 0.1) is 0 Å². The summed E-state index contributed by atoms with van der Waals surface area (Å²) in [6.07, 6.45) is 48.5. The second kappa shape index (κ2) is 46.7. The number of aryl methyl sites for hydroxylation is 5. The molecule has 0 fully saturated rings. The fourth-order valence-corrected chi connectivity index (χ4v) is 27.5. The van der Waals surface area contributed by atoms with Gasteiger partial charge in [-0.15, -0.1) is 12.0 Å². The van der Waals surface area contributed by atoms with Gasteiger partial charge in [-0.2, -0.15) is 0 Å². The van der Waals surface area contributed by atoms with E-state index in [2.05, 4.69) is 353 Å². The number of hydrogen-bond donors (Lipinski definition) is 0. The monoisotopic (exact) mass is 1740 g/mol. The zero-order valence-electron chi connectivity index (χ0n) is 81.8. The van der Waals surface area contributed by atoms with Gasteiger partial charge in [-0.05, 0) is 307 Å². The van der Waals surface area contributed by atoms with E-state index in [1.54, 1.807) is 0 Å². The standard InChI is InChI=1S/C131H142Si/c1-13-19-24-29-34-39-64-107-112-69-44-54-97(18-6)122(112)89-123-98(55-45-70-113(107)123)79-80-99-56-46-71-114-108(65-40-35-30-25-20-14-2)115-72-47-57-100(125(115)90-124(99)114)81-82-101-58-48-73-116-109(66-41-36-31-26-21-15-3)117-74-49-59-102(127(117)91-126(101)116)83-84-103-60-50-75-118-110(67-42-37-32-27-22-16-4)119-76-51-61-104(129(119)92-128(103)118)85-86-105-62-52-77-120-111(68-43-38-33-28-23-17-5)121-78-53-63-106(131(121)93-130(105)120)87-88-132(94(7)8,95(9)10)96(11)12/h6,44-63,69-78,89-96H,13-17,19-43,64-68H2,1-5,7-12H3. The Morgan fingerprint density at radius 3 is 0.508 bits per heavy atom. The second-order valence-electron chi connectivity index (χ2n) is 39.2. The molecule has 15 aromatic carbocycles. The van der Waals surface area contributed by atoms with E-state index in [1.807, 2.05) is 0 Å². The Morgan fingerprint density at radius 2 is 0.341 bits per heavy atom. The van der Waals surface area contributed by atoms with Crippen LogP contribution in [0.25, 0.3) is 108 Å². The molecule has 0 aromatic heterocycles. The number of terminal acetylenes is 1. The van der Waals surface area contributed by atoms with Gasteiger partial charge >= 0.3 is 0 Å². The minimum atomic E-state index is -2.02. The summed E-state index contributed by atoms with van der Waals surface area (Å²) in [7, 11) is -2.02. The Bertz CT molecular complexity index is 6990. The molecule has 0 heterocycles. The predicted molar refractivity (Wildman–Crippen MR) is 582 cm³/mol. The summed E-state index contributed by atoms with van der Waals surface area (Å²) in [5.41, 5.74) is 23.2. The number of fused-ring (bicyclic) bond motifs is 10. The zero-order valence-corrected chi connectivity index (χ0v) is 82.8. The maximum Gasteiger partial charge on any atom is 0.146 e. The lowest BCUT2D eigenvalue weighted by atomic mass is 9.88. The first-order valence-corrected chi connectivity index (χ1v) is 54.0. The van der Waals surface area contributed by atoms with Crippen molar-refractivity contribution in [3.05, 3.63) is 296 Å². The molecule has 0 saturated carbocycles. The van der Waals surface area contributed by atoms with Crippen molar-refractivity contribution in [3.63, 3.8) is 0 Å². The van der Waals surface area contributed by atoms with E-state index >= 15 is 0 Å². The summed E-state index contributed by atoms with van der Waals surface area (Å²) in [6.45, 7) is 26.1. The average Bonchev–Trinajstić information content (AvgIpc) is 0.761. The van der Waals surface area contributed by atoms with Gasteiger partial charge in [0.25, 0.3) is 0 Å². The van der Waals surface area contributed by atoms with Gasteiger partial charge in [-0.3, -0.25) is 0 Å². The minimum Gasteiger partial charge on any atom is -0.125 e. The molecule has 1 heteroatoms. The van der Waals surface area contributed by atoms with Crippen molar-refractivity contribution in [2.45, 2.75) is 318 Å². The first kappa shape index (κ1) is 95.1. The molecule has 15 rings (SSSR count). The van der Waals surface area contributed by atoms with Gasteiger partial charge in [0.2, 0.25) is 0 Å². The molecule has 15 aromatic rings. The quantitative estimate of drug-likeness (QED) is 0.0157. The van der Waals surface area contributed by atoms with Gasteiger partial charge in [-0.1, -0.05) is 417 Å². The van der Waals surface area contributed by atoms with E-state index < -0.39 is 8.07 Å². The Morgan fingerprint density at radius 1 is 0.189 bits per heavy atom. The van der Waals surface area contributed by atoms with Crippen LogP contribution >= 0.6 is 0 Å². The SMILES string of the molecule is C#Cc1cccc2c(CCCCCCCC)c3cccc(C#Cc4cccc5c(CCCCCCCC)c6cccc(C#Cc7cccc8c(CCCCCCCC)c9cccc(C#Cc%10cccc%11c(CCCCCCCC)c%12cccc(C#Cc%13cccc%14c(CCCCCCCC)c%15cccc(C#C[Si](C(C)C)(C(C)C)C(C)C)c%15cc%13%14)c%12cc%10%11)c9cc78)c6cc45)c3cc12. The number of rotatable bonds is 38. The van der Waals surface area contributed by atoms with Crippen molar-refractivity contribution >= 4 is 116 Å². The minimum absolute atomic E-state index is 0.548. The van der Waals surface area contributed by atoms with Gasteiger partial charge in [-0.25, -0.2) is 0 Å². The Balaban J connectivity index is 0.845. The van der Waals surface area contributed by atoms with Crippen molar-refractivity contribution in [1.29, 1.82) is 0 Å². The molecule has 0 spiro atoms. The summed E-state index contributed by atoms with van der Waals surface area (Å²) in [6, 6.07) is 80.3. The highest BCUT2D eigenvalue weighted by Crippen LogP contribution is 2.44. The molecular formula is C131H142Si. The van der Waals surface area contributed by atoms with Crippen LogP contribution in [0.5, 0.6) is 0 Å². The van der Waals surface area contributed by atoms with Crippen LogP contribution < -0.4 is 0 Å². The maximum atomic E-state index is 6.29. The van der Waals surface area contributed by atoms with E-state index in [0.717, 1.165) is 125 Å². The predicted octanol–water partition coefficient (Wildman–Crippen LogP) is 36.9. The van der Waals surface area contributed by atoms with Gasteiger partial charge in [0, 0.05) is 55.6 Å². The summed E-state index contributed by atoms with van der Waals surface area (Å²) < 4.78 is 0. The average molecular weight is 1740 g/mol. The highest BCUT2D eigenvalue weighted by Gasteiger charge is 2.42. The fourth-order valence-electron chi connectivity index (χ4n) is 22.3. The smallest absolute Gasteiger partial charge is 0.125 e. The lowest BCUT2D eigenvalue weighted by Crippen LogP contribution is -2.43. The third kappa shape index (κ3) is 21.7. The molecule has 0 unspecified atom stereocenters. The molecule has 0 atom stereocenters. The molecule has 0 N–H and O–H groups in total. The Labute approximate surface area is 794 Å². The van der Waals surface area contributed by atoms with Crippen LogP contribution in [0.1, 0.15) is 352 Å². The topological polar surface area (TPSA) is 0 Å². The van der Waals surface area contributed by atoms with Crippen molar-refractivity contribution in [1.82, 2.24) is 0 Å². The molecule has 0 aliphatic rings. The molecule has 132 heavy (non-hydrogen) atoms. The third-order valence-corrected chi connectivity index (χ3v) is 35.7. The summed E-state index contributed by atoms with van der Waals surface area (Å²) in [5.74, 6) is 38.2. The Hall–Kier alpha value is -11.5. The molecule has 0 radical (unpaired) electrons. The first-order chi connectivity index (χ1) is 64.8. The van der Waals surface area contributed by atoms with E-state index in [-0.39, 0.29) is 0 Å². The van der Waals surface area contributed by atoms with Gasteiger partial charge in [0.15, 0.2) is 0 Å². The van der Waals surface area contributed by atoms with Gasteiger partial charge in [0.1, 0.15) is 8.07 Å². The van der Waals surface area contributed by atoms with Gasteiger partial charge < -0.3 is 0 Å². The van der Waals surface area contributed by atoms with E-state index in [0.29, 0.717) is 16.6 Å². The third-order valence-electron chi connectivity index (χ3n) is 29.4. The Kier molecular flexibility index (Phi) is 33.7. The van der Waals surface area contributed by atoms with Crippen molar-refractivity contribution in [3.8, 4) is 71.2 Å². The van der Waals surface area contributed by atoms with Crippen LogP contribution in [0.15, 0.2) is 212 Å². The van der Waals surface area contributed by atoms with E-state index in [1.165, 1.54) is 291 Å². The molecule has 0 saturated heterocycles. The van der Waals surface area contributed by atoms with Crippen LogP contribution in [-0.2, 0) is 32.1 Å². The maximum absolute atomic E-state index is 6.29. The number of benzene rings is 15. The van der Waals surface area contributed by atoms with Crippen LogP contribution in [0.4, 0.5) is 0 Å². The number of unbranched alkanes of at least 4 members (excludes halogenated alkanes) is 25. The molecule has 0 aliphatic heterocycles.